The summed E-state index contributed by atoms with van der Waals surface area (Å²) in [6, 6.07) is 7.46. The number of nitrogens with zero attached hydrogens (tertiary/aromatic N) is 2. The molecule has 0 aliphatic carbocycles. The number of rotatable bonds is 8. The molecule has 0 aromatic heterocycles. The molecule has 0 saturated carbocycles. The Hall–Kier alpha value is -2.90. The predicted octanol–water partition coefficient (Wildman–Crippen LogP) is 3.67. The number of carbonyl (C=O) groups excluding carboxylic acids is 1. The molecule has 1 rings (SSSR count). The van der Waals surface area contributed by atoms with Crippen molar-refractivity contribution >= 4 is 12.5 Å². The molecule has 0 aliphatic heterocycles. The van der Waals surface area contributed by atoms with Gasteiger partial charge in [0.05, 0.1) is 18.8 Å². The van der Waals surface area contributed by atoms with Crippen molar-refractivity contribution in [3.05, 3.63) is 70.8 Å². The van der Waals surface area contributed by atoms with E-state index < -0.39 is 0 Å². The Labute approximate surface area is 181 Å². The third-order valence-electron chi connectivity index (χ3n) is 3.16. The lowest BCUT2D eigenvalue weighted by Crippen LogP contribution is -2.30. The van der Waals surface area contributed by atoms with Gasteiger partial charge >= 0.3 is 0 Å². The fraction of sp³-hybridized carbons (Fsp3) is 0.391. The molecule has 0 aliphatic rings. The minimum Gasteiger partial charge on any atom is -0.402 e. The van der Waals surface area contributed by atoms with Crippen LogP contribution in [-0.4, -0.2) is 37.8 Å². The lowest BCUT2D eigenvalue weighted by molar-refractivity contribution is 0.112. The van der Waals surface area contributed by atoms with Gasteiger partial charge in [-0.1, -0.05) is 56.7 Å². The third kappa shape index (κ3) is 17.2. The summed E-state index contributed by atoms with van der Waals surface area (Å²) in [5.41, 5.74) is 16.0. The molecule has 0 bridgehead atoms. The van der Waals surface area contributed by atoms with Gasteiger partial charge in [-0.25, -0.2) is 5.84 Å². The quantitative estimate of drug-likeness (QED) is 0.257. The van der Waals surface area contributed by atoms with Gasteiger partial charge in [0.1, 0.15) is 6.29 Å². The average Bonchev–Trinajstić information content (AvgIpc) is 2.66. The van der Waals surface area contributed by atoms with E-state index in [1.165, 1.54) is 17.0 Å². The molecule has 0 amide bonds. The molecular weight excluding hydrogens is 378 g/mol. The number of hydrogen-bond acceptors (Lipinski definition) is 7. The summed E-state index contributed by atoms with van der Waals surface area (Å²) in [5, 5.41) is 1.44. The van der Waals surface area contributed by atoms with E-state index in [1.807, 2.05) is 31.2 Å². The number of allylic oxidation sites excluding steroid dienone is 2. The molecule has 7 heteroatoms. The normalized spacial score (nSPS) is 11.5. The number of aliphatic imine (C=N–C) groups is 1. The first kappa shape index (κ1) is 29.3. The molecule has 0 fully saturated rings. The van der Waals surface area contributed by atoms with E-state index in [2.05, 4.69) is 25.4 Å². The van der Waals surface area contributed by atoms with Crippen LogP contribution < -0.4 is 17.3 Å². The molecule has 168 valence electrons. The lowest BCUT2D eigenvalue weighted by Gasteiger charge is -2.16. The van der Waals surface area contributed by atoms with Gasteiger partial charge in [-0.3, -0.25) is 9.79 Å². The molecule has 0 radical (unpaired) electrons. The molecule has 30 heavy (non-hydrogen) atoms. The van der Waals surface area contributed by atoms with E-state index in [0.717, 1.165) is 17.4 Å². The number of methoxy groups -OCH3 is 1. The van der Waals surface area contributed by atoms with Crippen LogP contribution in [-0.2, 0) is 4.74 Å². The number of benzene rings is 1. The summed E-state index contributed by atoms with van der Waals surface area (Å²) in [5.74, 6) is 5.80. The lowest BCUT2D eigenvalue weighted by atomic mass is 10.2. The minimum absolute atomic E-state index is 0.328. The van der Waals surface area contributed by atoms with Crippen LogP contribution in [0.1, 0.15) is 50.0 Å². The standard InChI is InChI=1S/C12H23N5O.C8H8O.C3H8/c1-9(2)16-5-11(10(3)13)6-17(15)7-12(14)8-18-4;1-7-2-4-8(6-9)5-3-7;1-3-2/h5,7H,1,6,8,13-15H2,2-4H3;2-6H,1H3;3H2,1-2H3/b11-10-,12-7-,16-5?;;. The van der Waals surface area contributed by atoms with E-state index in [4.69, 9.17) is 22.0 Å². The van der Waals surface area contributed by atoms with Gasteiger partial charge in [0.25, 0.3) is 0 Å². The number of ether oxygens (including phenoxy) is 1. The monoisotopic (exact) mass is 417 g/mol. The summed E-state index contributed by atoms with van der Waals surface area (Å²) >= 11 is 0. The van der Waals surface area contributed by atoms with Crippen LogP contribution in [0.3, 0.4) is 0 Å². The predicted molar refractivity (Wildman–Crippen MR) is 128 cm³/mol. The van der Waals surface area contributed by atoms with Crippen molar-refractivity contribution in [1.29, 1.82) is 0 Å². The Kier molecular flexibility index (Phi) is 17.7. The zero-order valence-electron chi connectivity index (χ0n) is 19.3. The number of carbonyl (C=O) groups is 1. The third-order valence-corrected chi connectivity index (χ3v) is 3.16. The summed E-state index contributed by atoms with van der Waals surface area (Å²) in [6.07, 6.45) is 5.35. The zero-order chi connectivity index (χ0) is 23.5. The van der Waals surface area contributed by atoms with Crippen LogP contribution in [0, 0.1) is 6.92 Å². The first-order valence-electron chi connectivity index (χ1n) is 9.74. The van der Waals surface area contributed by atoms with Gasteiger partial charge in [-0.15, -0.1) is 0 Å². The summed E-state index contributed by atoms with van der Waals surface area (Å²) < 4.78 is 4.89. The summed E-state index contributed by atoms with van der Waals surface area (Å²) in [7, 11) is 1.57. The van der Waals surface area contributed by atoms with Gasteiger partial charge in [-0.05, 0) is 20.8 Å². The maximum Gasteiger partial charge on any atom is 0.150 e. The Morgan fingerprint density at radius 3 is 2.13 bits per heavy atom. The Balaban J connectivity index is 0. The summed E-state index contributed by atoms with van der Waals surface area (Å²) in [4.78, 5) is 14.2. The van der Waals surface area contributed by atoms with E-state index in [1.54, 1.807) is 33.4 Å². The van der Waals surface area contributed by atoms with Crippen LogP contribution in [0.25, 0.3) is 0 Å². The molecule has 0 spiro atoms. The topological polar surface area (TPSA) is 120 Å². The number of nitrogens with two attached hydrogens (primary N) is 3. The van der Waals surface area contributed by atoms with E-state index >= 15 is 0 Å². The second-order valence-corrected chi connectivity index (χ2v) is 6.75. The van der Waals surface area contributed by atoms with Gasteiger partial charge in [-0.2, -0.15) is 0 Å². The van der Waals surface area contributed by atoms with Crippen LogP contribution >= 0.6 is 0 Å². The van der Waals surface area contributed by atoms with Gasteiger partial charge in [0.15, 0.2) is 0 Å². The van der Waals surface area contributed by atoms with Crippen LogP contribution in [0.4, 0.5) is 0 Å². The molecule has 6 N–H and O–H groups in total. The van der Waals surface area contributed by atoms with E-state index in [0.29, 0.717) is 30.2 Å². The van der Waals surface area contributed by atoms with Crippen molar-refractivity contribution < 1.29 is 9.53 Å². The molecule has 1 aromatic rings. The first-order chi connectivity index (χ1) is 14.1. The molecule has 0 atom stereocenters. The van der Waals surface area contributed by atoms with Gasteiger partial charge < -0.3 is 21.2 Å². The van der Waals surface area contributed by atoms with Crippen LogP contribution in [0.2, 0.25) is 0 Å². The number of aryl methyl sites for hydroxylation is 1. The molecule has 0 saturated heterocycles. The largest absolute Gasteiger partial charge is 0.402 e. The van der Waals surface area contributed by atoms with Crippen molar-refractivity contribution in [3.63, 3.8) is 0 Å². The van der Waals surface area contributed by atoms with Crippen molar-refractivity contribution in [2.75, 3.05) is 20.3 Å². The Morgan fingerprint density at radius 1 is 1.20 bits per heavy atom. The highest BCUT2D eigenvalue weighted by Crippen LogP contribution is 2.01. The molecule has 7 nitrogen and oxygen atoms in total. The maximum atomic E-state index is 10.1. The second-order valence-electron chi connectivity index (χ2n) is 6.75. The van der Waals surface area contributed by atoms with Crippen molar-refractivity contribution in [1.82, 2.24) is 5.01 Å². The van der Waals surface area contributed by atoms with Crippen molar-refractivity contribution in [3.8, 4) is 0 Å². The summed E-state index contributed by atoms with van der Waals surface area (Å²) in [6.45, 7) is 14.3. The highest BCUT2D eigenvalue weighted by molar-refractivity contribution is 5.80. The van der Waals surface area contributed by atoms with E-state index in [9.17, 15) is 4.79 Å². The van der Waals surface area contributed by atoms with Crippen molar-refractivity contribution in [2.45, 2.75) is 41.0 Å². The van der Waals surface area contributed by atoms with Gasteiger partial charge in [0.2, 0.25) is 0 Å². The van der Waals surface area contributed by atoms with E-state index in [-0.39, 0.29) is 0 Å². The molecular formula is C23H39N5O2. The van der Waals surface area contributed by atoms with Crippen LogP contribution in [0.15, 0.2) is 64.7 Å². The minimum atomic E-state index is 0.328. The smallest absolute Gasteiger partial charge is 0.150 e. The number of hydrazine groups is 1. The molecule has 0 heterocycles. The number of hydrogen-bond donors (Lipinski definition) is 3. The fourth-order valence-electron chi connectivity index (χ4n) is 1.76. The maximum absolute atomic E-state index is 10.1. The highest BCUT2D eigenvalue weighted by atomic mass is 16.5. The SMILES string of the molecule is C=C(C)N=C/C(CN(N)/C=C(\N)COC)=C(\C)N.CCC.Cc1ccc(C=O)cc1. The number of aldehydes is 1. The van der Waals surface area contributed by atoms with Gasteiger partial charge in [0, 0.05) is 42.1 Å². The van der Waals surface area contributed by atoms with Crippen molar-refractivity contribution in [2.24, 2.45) is 22.3 Å². The second kappa shape index (κ2) is 18.1. The first-order valence-corrected chi connectivity index (χ1v) is 9.74. The Bertz CT molecular complexity index is 703. The fourth-order valence-corrected chi connectivity index (χ4v) is 1.76. The Morgan fingerprint density at radius 2 is 1.73 bits per heavy atom. The zero-order valence-corrected chi connectivity index (χ0v) is 19.3. The average molecular weight is 418 g/mol. The van der Waals surface area contributed by atoms with Crippen LogP contribution in [0.5, 0.6) is 0 Å². The molecule has 1 aromatic carbocycles. The highest BCUT2D eigenvalue weighted by Gasteiger charge is 2.02. The molecule has 0 unspecified atom stereocenters.